The highest BCUT2D eigenvalue weighted by Gasteiger charge is 2.04. The normalized spacial score (nSPS) is 11.1. The molecule has 0 atom stereocenters. The number of benzene rings is 1. The van der Waals surface area contributed by atoms with E-state index in [0.29, 0.717) is 0 Å². The maximum atomic E-state index is 4.01. The number of para-hydroxylation sites is 1. The highest BCUT2D eigenvalue weighted by atomic mass is 15.1. The summed E-state index contributed by atoms with van der Waals surface area (Å²) >= 11 is 0. The van der Waals surface area contributed by atoms with Crippen molar-refractivity contribution in [3.05, 3.63) is 30.0 Å². The van der Waals surface area contributed by atoms with Crippen molar-refractivity contribution in [2.24, 2.45) is 5.41 Å². The van der Waals surface area contributed by atoms with E-state index in [4.69, 9.17) is 0 Å². The molecule has 2 nitrogen and oxygen atoms in total. The van der Waals surface area contributed by atoms with Crippen LogP contribution in [0.3, 0.4) is 0 Å². The first-order valence-electron chi connectivity index (χ1n) is 5.01. The molecular weight excluding hydrogens is 184 g/mol. The van der Waals surface area contributed by atoms with Gasteiger partial charge in [-0.3, -0.25) is 5.10 Å². The molecule has 15 heavy (non-hydrogen) atoms. The van der Waals surface area contributed by atoms with Crippen LogP contribution in [-0.4, -0.2) is 10.2 Å². The van der Waals surface area contributed by atoms with Crippen molar-refractivity contribution in [1.82, 2.24) is 10.2 Å². The summed E-state index contributed by atoms with van der Waals surface area (Å²) in [5.41, 5.74) is 2.07. The van der Waals surface area contributed by atoms with Crippen molar-refractivity contribution in [1.29, 1.82) is 0 Å². The van der Waals surface area contributed by atoms with Gasteiger partial charge >= 0.3 is 0 Å². The quantitative estimate of drug-likeness (QED) is 0.648. The molecule has 0 fully saturated rings. The average molecular weight is 198 g/mol. The number of hydrogen-bond acceptors (Lipinski definition) is 1. The number of hydrogen-bond donors (Lipinski definition) is 1. The lowest BCUT2D eigenvalue weighted by Crippen LogP contribution is -1.99. The standard InChI is InChI=1S/C13H14N2/c1-13(2,3)8-7-10-5-4-6-11-9-14-15-12(10)11/h4-6,9H,1-3H3,(H,14,15). The van der Waals surface area contributed by atoms with Crippen molar-refractivity contribution in [3.8, 4) is 11.8 Å². The van der Waals surface area contributed by atoms with Gasteiger partial charge in [0.05, 0.1) is 17.3 Å². The topological polar surface area (TPSA) is 28.7 Å². The molecule has 2 heteroatoms. The fourth-order valence-corrected chi connectivity index (χ4v) is 1.33. The number of aromatic nitrogens is 2. The highest BCUT2D eigenvalue weighted by molar-refractivity contribution is 5.83. The number of nitrogens with one attached hydrogen (secondary N) is 1. The molecule has 76 valence electrons. The van der Waals surface area contributed by atoms with E-state index < -0.39 is 0 Å². The largest absolute Gasteiger partial charge is 0.277 e. The van der Waals surface area contributed by atoms with Crippen LogP contribution in [0.1, 0.15) is 26.3 Å². The number of nitrogens with zero attached hydrogens (tertiary/aromatic N) is 1. The van der Waals surface area contributed by atoms with E-state index >= 15 is 0 Å². The molecule has 0 amide bonds. The summed E-state index contributed by atoms with van der Waals surface area (Å²) in [4.78, 5) is 0. The van der Waals surface area contributed by atoms with Gasteiger partial charge in [-0.25, -0.2) is 0 Å². The maximum Gasteiger partial charge on any atom is 0.0806 e. The molecule has 2 aromatic rings. The molecule has 0 aliphatic carbocycles. The van der Waals surface area contributed by atoms with Crippen LogP contribution in [0.5, 0.6) is 0 Å². The van der Waals surface area contributed by atoms with E-state index in [1.54, 1.807) is 0 Å². The molecule has 0 saturated carbocycles. The third-order valence-electron chi connectivity index (χ3n) is 2.05. The van der Waals surface area contributed by atoms with Crippen LogP contribution in [-0.2, 0) is 0 Å². The van der Waals surface area contributed by atoms with Gasteiger partial charge in [-0.2, -0.15) is 5.10 Å². The molecule has 1 N–H and O–H groups in total. The lowest BCUT2D eigenvalue weighted by molar-refractivity contribution is 0.571. The van der Waals surface area contributed by atoms with Crippen molar-refractivity contribution in [2.75, 3.05) is 0 Å². The van der Waals surface area contributed by atoms with Crippen molar-refractivity contribution >= 4 is 10.9 Å². The first kappa shape index (κ1) is 9.79. The van der Waals surface area contributed by atoms with Crippen LogP contribution in [0.2, 0.25) is 0 Å². The van der Waals surface area contributed by atoms with Gasteiger partial charge in [0.1, 0.15) is 0 Å². The molecular formula is C13H14N2. The van der Waals surface area contributed by atoms with E-state index in [1.807, 2.05) is 24.4 Å². The monoisotopic (exact) mass is 198 g/mol. The maximum absolute atomic E-state index is 4.01. The fourth-order valence-electron chi connectivity index (χ4n) is 1.33. The van der Waals surface area contributed by atoms with Crippen LogP contribution in [0.4, 0.5) is 0 Å². The summed E-state index contributed by atoms with van der Waals surface area (Å²) in [6.45, 7) is 6.31. The van der Waals surface area contributed by atoms with Gasteiger partial charge in [0.2, 0.25) is 0 Å². The van der Waals surface area contributed by atoms with Crippen LogP contribution in [0.15, 0.2) is 24.4 Å². The number of fused-ring (bicyclic) bond motifs is 1. The third kappa shape index (κ3) is 2.19. The Morgan fingerprint density at radius 2 is 2.07 bits per heavy atom. The van der Waals surface area contributed by atoms with Gasteiger partial charge in [-0.15, -0.1) is 0 Å². The van der Waals surface area contributed by atoms with Gasteiger partial charge in [0.15, 0.2) is 0 Å². The second-order valence-electron chi connectivity index (χ2n) is 4.64. The molecule has 2 rings (SSSR count). The summed E-state index contributed by atoms with van der Waals surface area (Å²) in [6, 6.07) is 6.05. The average Bonchev–Trinajstić information content (AvgIpc) is 2.61. The fraction of sp³-hybridized carbons (Fsp3) is 0.308. The van der Waals surface area contributed by atoms with E-state index in [1.165, 1.54) is 0 Å². The van der Waals surface area contributed by atoms with E-state index in [-0.39, 0.29) is 5.41 Å². The van der Waals surface area contributed by atoms with Gasteiger partial charge in [-0.05, 0) is 26.8 Å². The summed E-state index contributed by atoms with van der Waals surface area (Å²) in [7, 11) is 0. The highest BCUT2D eigenvalue weighted by Crippen LogP contribution is 2.16. The predicted octanol–water partition coefficient (Wildman–Crippen LogP) is 2.96. The number of H-pyrrole nitrogens is 1. The minimum atomic E-state index is 0.0299. The molecule has 0 aliphatic heterocycles. The summed E-state index contributed by atoms with van der Waals surface area (Å²) < 4.78 is 0. The minimum Gasteiger partial charge on any atom is -0.277 e. The molecule has 0 aliphatic rings. The number of aromatic amines is 1. The molecule has 0 saturated heterocycles. The minimum absolute atomic E-state index is 0.0299. The van der Waals surface area contributed by atoms with Gasteiger partial charge in [0, 0.05) is 10.8 Å². The Morgan fingerprint density at radius 3 is 2.80 bits per heavy atom. The van der Waals surface area contributed by atoms with Crippen LogP contribution < -0.4 is 0 Å². The Hall–Kier alpha value is -1.75. The van der Waals surface area contributed by atoms with Crippen molar-refractivity contribution in [2.45, 2.75) is 20.8 Å². The molecule has 1 aromatic heterocycles. The summed E-state index contributed by atoms with van der Waals surface area (Å²) in [5, 5.41) is 8.09. The lowest BCUT2D eigenvalue weighted by Gasteiger charge is -2.06. The van der Waals surface area contributed by atoms with Crippen molar-refractivity contribution < 1.29 is 0 Å². The second kappa shape index (κ2) is 3.43. The Balaban J connectivity index is 2.51. The molecule has 0 unspecified atom stereocenters. The van der Waals surface area contributed by atoms with Gasteiger partial charge < -0.3 is 0 Å². The zero-order valence-corrected chi connectivity index (χ0v) is 9.26. The van der Waals surface area contributed by atoms with E-state index in [9.17, 15) is 0 Å². The summed E-state index contributed by atoms with van der Waals surface area (Å²) in [6.07, 6.45) is 1.82. The Morgan fingerprint density at radius 1 is 1.27 bits per heavy atom. The molecule has 1 aromatic carbocycles. The van der Waals surface area contributed by atoms with Gasteiger partial charge in [-0.1, -0.05) is 24.0 Å². The molecule has 1 heterocycles. The predicted molar refractivity (Wildman–Crippen MR) is 62.4 cm³/mol. The van der Waals surface area contributed by atoms with Crippen LogP contribution in [0.25, 0.3) is 10.9 Å². The first-order chi connectivity index (χ1) is 7.06. The van der Waals surface area contributed by atoms with Gasteiger partial charge in [0.25, 0.3) is 0 Å². The lowest BCUT2D eigenvalue weighted by atomic mass is 9.97. The Kier molecular flexibility index (Phi) is 2.24. The first-order valence-corrected chi connectivity index (χ1v) is 5.01. The molecule has 0 bridgehead atoms. The van der Waals surface area contributed by atoms with E-state index in [0.717, 1.165) is 16.5 Å². The smallest absolute Gasteiger partial charge is 0.0806 e. The zero-order valence-electron chi connectivity index (χ0n) is 9.26. The summed E-state index contributed by atoms with van der Waals surface area (Å²) in [5.74, 6) is 6.41. The Bertz CT molecular complexity index is 533. The SMILES string of the molecule is CC(C)(C)C#Cc1cccc2cn[nH]c12. The number of rotatable bonds is 0. The van der Waals surface area contributed by atoms with E-state index in [2.05, 4.69) is 42.8 Å². The molecule has 0 radical (unpaired) electrons. The second-order valence-corrected chi connectivity index (χ2v) is 4.64. The Labute approximate surface area is 89.7 Å². The third-order valence-corrected chi connectivity index (χ3v) is 2.05. The van der Waals surface area contributed by atoms with Crippen LogP contribution in [0, 0.1) is 17.3 Å². The van der Waals surface area contributed by atoms with Crippen molar-refractivity contribution in [3.63, 3.8) is 0 Å². The zero-order chi connectivity index (χ0) is 10.9. The molecule has 0 spiro atoms. The van der Waals surface area contributed by atoms with Crippen LogP contribution >= 0.6 is 0 Å².